The molecule has 5 nitrogen and oxygen atoms in total. The number of nitrogens with two attached hydrogens (primary N) is 1. The molecule has 0 atom stereocenters. The third-order valence-corrected chi connectivity index (χ3v) is 3.14. The minimum absolute atomic E-state index is 0.190. The van der Waals surface area contributed by atoms with Gasteiger partial charge in [-0.15, -0.1) is 0 Å². The molecule has 2 aromatic rings. The van der Waals surface area contributed by atoms with Crippen molar-refractivity contribution in [3.05, 3.63) is 41.2 Å². The number of aryl methyl sites for hydroxylation is 1. The van der Waals surface area contributed by atoms with E-state index in [0.29, 0.717) is 17.5 Å². The summed E-state index contributed by atoms with van der Waals surface area (Å²) in [6.07, 6.45) is 0. The van der Waals surface area contributed by atoms with Crippen LogP contribution in [0.5, 0.6) is 11.6 Å². The van der Waals surface area contributed by atoms with Crippen LogP contribution in [0.4, 0.5) is 5.82 Å². The molecule has 0 amide bonds. The Balaban J connectivity index is 2.44. The molecule has 1 aromatic heterocycles. The predicted molar refractivity (Wildman–Crippen MR) is 84.5 cm³/mol. The monoisotopic (exact) mass is 286 g/mol. The summed E-state index contributed by atoms with van der Waals surface area (Å²) in [6.45, 7) is 10.1. The predicted octanol–water partition coefficient (Wildman–Crippen LogP) is 3.47. The molecule has 0 saturated heterocycles. The van der Waals surface area contributed by atoms with Crippen LogP contribution in [-0.4, -0.2) is 9.97 Å². The van der Waals surface area contributed by atoms with E-state index in [1.807, 2.05) is 58.9 Å². The second-order valence-corrected chi connectivity index (χ2v) is 6.14. The average Bonchev–Trinajstić information content (AvgIpc) is 2.42. The molecule has 0 spiro atoms. The lowest BCUT2D eigenvalue weighted by molar-refractivity contribution is 0.442. The molecular weight excluding hydrogens is 264 g/mol. The van der Waals surface area contributed by atoms with E-state index in [0.717, 1.165) is 11.3 Å². The van der Waals surface area contributed by atoms with Crippen molar-refractivity contribution in [2.45, 2.75) is 40.0 Å². The van der Waals surface area contributed by atoms with Gasteiger partial charge < -0.3 is 10.2 Å². The first-order valence-electron chi connectivity index (χ1n) is 6.91. The smallest absolute Gasteiger partial charge is 0.227 e. The van der Waals surface area contributed by atoms with Gasteiger partial charge in [-0.2, -0.15) is 4.98 Å². The van der Waals surface area contributed by atoms with E-state index in [2.05, 4.69) is 15.4 Å². The minimum atomic E-state index is -0.190. The molecule has 0 saturated carbocycles. The summed E-state index contributed by atoms with van der Waals surface area (Å²) in [4.78, 5) is 8.99. The van der Waals surface area contributed by atoms with Crippen molar-refractivity contribution in [3.8, 4) is 11.6 Å². The number of ether oxygens (including phenoxy) is 1. The Bertz CT molecular complexity index is 630. The van der Waals surface area contributed by atoms with Crippen LogP contribution in [0.1, 0.15) is 37.7 Å². The summed E-state index contributed by atoms with van der Waals surface area (Å²) in [6, 6.07) is 7.84. The molecule has 0 unspecified atom stereocenters. The van der Waals surface area contributed by atoms with Crippen LogP contribution >= 0.6 is 0 Å². The lowest BCUT2D eigenvalue weighted by atomic mass is 9.95. The van der Waals surface area contributed by atoms with E-state index >= 15 is 0 Å². The fourth-order valence-corrected chi connectivity index (χ4v) is 1.79. The third-order valence-electron chi connectivity index (χ3n) is 3.14. The Morgan fingerprint density at radius 1 is 1.05 bits per heavy atom. The molecule has 21 heavy (non-hydrogen) atoms. The average molecular weight is 286 g/mol. The van der Waals surface area contributed by atoms with Crippen molar-refractivity contribution >= 4 is 5.82 Å². The molecule has 0 aliphatic rings. The van der Waals surface area contributed by atoms with Gasteiger partial charge in [-0.1, -0.05) is 38.5 Å². The molecule has 0 fully saturated rings. The van der Waals surface area contributed by atoms with Crippen LogP contribution < -0.4 is 16.0 Å². The van der Waals surface area contributed by atoms with Crippen molar-refractivity contribution in [2.24, 2.45) is 5.84 Å². The van der Waals surface area contributed by atoms with Crippen molar-refractivity contribution in [3.63, 3.8) is 0 Å². The van der Waals surface area contributed by atoms with E-state index in [9.17, 15) is 0 Å². The van der Waals surface area contributed by atoms with Crippen molar-refractivity contribution in [2.75, 3.05) is 5.43 Å². The zero-order chi connectivity index (χ0) is 15.6. The number of nitrogens with zero attached hydrogens (tertiary/aromatic N) is 2. The number of hydrogen-bond acceptors (Lipinski definition) is 5. The second-order valence-electron chi connectivity index (χ2n) is 6.14. The minimum Gasteiger partial charge on any atom is -0.439 e. The highest BCUT2D eigenvalue weighted by Crippen LogP contribution is 2.30. The van der Waals surface area contributed by atoms with Gasteiger partial charge in [0.1, 0.15) is 11.6 Å². The van der Waals surface area contributed by atoms with Crippen LogP contribution in [0.25, 0.3) is 0 Å². The van der Waals surface area contributed by atoms with E-state index in [1.165, 1.54) is 5.56 Å². The summed E-state index contributed by atoms with van der Waals surface area (Å²) in [5, 5.41) is 0. The number of rotatable bonds is 3. The van der Waals surface area contributed by atoms with Gasteiger partial charge >= 0.3 is 0 Å². The summed E-state index contributed by atoms with van der Waals surface area (Å²) in [5.41, 5.74) is 4.39. The maximum Gasteiger partial charge on any atom is 0.227 e. The Hall–Kier alpha value is -2.14. The number of benzene rings is 1. The van der Waals surface area contributed by atoms with Crippen LogP contribution in [0.2, 0.25) is 0 Å². The summed E-state index contributed by atoms with van der Waals surface area (Å²) < 4.78 is 5.90. The van der Waals surface area contributed by atoms with Crippen molar-refractivity contribution in [1.82, 2.24) is 9.97 Å². The van der Waals surface area contributed by atoms with Gasteiger partial charge in [0.05, 0.1) is 5.56 Å². The molecule has 0 aliphatic carbocycles. The molecule has 5 heteroatoms. The highest BCUT2D eigenvalue weighted by Gasteiger charge is 2.21. The lowest BCUT2D eigenvalue weighted by Crippen LogP contribution is -2.20. The summed E-state index contributed by atoms with van der Waals surface area (Å²) in [5.74, 6) is 8.07. The molecule has 0 aliphatic heterocycles. The first kappa shape index (κ1) is 15.3. The normalized spacial score (nSPS) is 11.3. The zero-order valence-corrected chi connectivity index (χ0v) is 13.2. The van der Waals surface area contributed by atoms with E-state index in [1.54, 1.807) is 0 Å². The van der Waals surface area contributed by atoms with Crippen LogP contribution in [0.3, 0.4) is 0 Å². The number of nitrogens with one attached hydrogen (secondary N) is 1. The fourth-order valence-electron chi connectivity index (χ4n) is 1.79. The number of aromatic nitrogens is 2. The van der Waals surface area contributed by atoms with E-state index in [4.69, 9.17) is 10.6 Å². The van der Waals surface area contributed by atoms with Gasteiger partial charge in [0, 0.05) is 5.41 Å². The number of hydrazine groups is 1. The highest BCUT2D eigenvalue weighted by molar-refractivity contribution is 5.49. The largest absolute Gasteiger partial charge is 0.439 e. The molecule has 112 valence electrons. The van der Waals surface area contributed by atoms with Gasteiger partial charge in [-0.05, 0) is 26.0 Å². The third kappa shape index (κ3) is 3.49. The Morgan fingerprint density at radius 2 is 1.67 bits per heavy atom. The summed E-state index contributed by atoms with van der Waals surface area (Å²) >= 11 is 0. The van der Waals surface area contributed by atoms with Gasteiger partial charge in [-0.25, -0.2) is 10.8 Å². The molecule has 3 N–H and O–H groups in total. The van der Waals surface area contributed by atoms with Crippen molar-refractivity contribution in [1.29, 1.82) is 0 Å². The van der Waals surface area contributed by atoms with Gasteiger partial charge in [0.2, 0.25) is 5.88 Å². The molecular formula is C16H22N4O. The Morgan fingerprint density at radius 3 is 2.19 bits per heavy atom. The lowest BCUT2D eigenvalue weighted by Gasteiger charge is -2.20. The number of anilines is 1. The Kier molecular flexibility index (Phi) is 4.14. The van der Waals surface area contributed by atoms with Crippen LogP contribution in [0, 0.1) is 13.8 Å². The zero-order valence-electron chi connectivity index (χ0n) is 13.2. The molecule has 0 bridgehead atoms. The quantitative estimate of drug-likeness (QED) is 0.667. The van der Waals surface area contributed by atoms with E-state index < -0.39 is 0 Å². The SMILES string of the molecule is Cc1ccc(Oc2nc(C(C)(C)C)nc(NN)c2C)cc1. The van der Waals surface area contributed by atoms with Crippen LogP contribution in [0.15, 0.2) is 24.3 Å². The van der Waals surface area contributed by atoms with Gasteiger partial charge in [0.25, 0.3) is 0 Å². The Labute approximate surface area is 125 Å². The number of nitrogen functional groups attached to an aromatic ring is 1. The number of hydrogen-bond donors (Lipinski definition) is 2. The standard InChI is InChI=1S/C16H22N4O/c1-10-6-8-12(9-7-10)21-14-11(2)13(20-17)18-15(19-14)16(3,4)5/h6-9H,17H2,1-5H3,(H,18,19,20). The first-order valence-corrected chi connectivity index (χ1v) is 6.91. The second kappa shape index (κ2) is 5.69. The topological polar surface area (TPSA) is 73.1 Å². The maximum absolute atomic E-state index is 5.90. The highest BCUT2D eigenvalue weighted by atomic mass is 16.5. The first-order chi connectivity index (χ1) is 9.81. The maximum atomic E-state index is 5.90. The molecule has 0 radical (unpaired) electrons. The van der Waals surface area contributed by atoms with Gasteiger partial charge in [0.15, 0.2) is 5.82 Å². The van der Waals surface area contributed by atoms with Gasteiger partial charge in [-0.3, -0.25) is 0 Å². The summed E-state index contributed by atoms with van der Waals surface area (Å²) in [7, 11) is 0. The van der Waals surface area contributed by atoms with Crippen LogP contribution in [-0.2, 0) is 5.41 Å². The van der Waals surface area contributed by atoms with Crippen molar-refractivity contribution < 1.29 is 4.74 Å². The fraction of sp³-hybridized carbons (Fsp3) is 0.375. The molecule has 1 heterocycles. The van der Waals surface area contributed by atoms with E-state index in [-0.39, 0.29) is 5.41 Å². The molecule has 2 rings (SSSR count). The molecule has 1 aromatic carbocycles.